The van der Waals surface area contributed by atoms with E-state index in [-0.39, 0.29) is 0 Å². The number of methoxy groups -OCH3 is 4. The number of rotatable bonds is 8. The number of aromatic nitrogens is 2. The van der Waals surface area contributed by atoms with Crippen molar-refractivity contribution in [3.05, 3.63) is 42.3 Å². The maximum absolute atomic E-state index is 5.79. The molecule has 8 heteroatoms. The Morgan fingerprint density at radius 1 is 0.889 bits per heavy atom. The van der Waals surface area contributed by atoms with Gasteiger partial charge in [-0.15, -0.1) is 22.0 Å². The molecule has 3 rings (SSSR count). The molecule has 7 nitrogen and oxygen atoms in total. The molecule has 0 saturated carbocycles. The molecule has 1 aromatic heterocycles. The van der Waals surface area contributed by atoms with Crippen LogP contribution >= 0.6 is 11.8 Å². The van der Waals surface area contributed by atoms with Crippen LogP contribution < -0.4 is 18.9 Å². The standard InChI is InChI=1S/C19H20N2O5S/c1-22-13-6-5-7-14(10-13)27-11-17-20-21-19(26-17)12-8-15(23-2)18(25-4)16(9-12)24-3/h5-10H,11H2,1-4H3. The molecule has 2 aromatic carbocycles. The minimum Gasteiger partial charge on any atom is -0.497 e. The maximum atomic E-state index is 5.79. The Kier molecular flexibility index (Phi) is 6.08. The second-order valence-electron chi connectivity index (χ2n) is 5.38. The second kappa shape index (κ2) is 8.68. The summed E-state index contributed by atoms with van der Waals surface area (Å²) in [6, 6.07) is 11.3. The first-order valence-electron chi connectivity index (χ1n) is 8.08. The summed E-state index contributed by atoms with van der Waals surface area (Å²) in [4.78, 5) is 1.06. The van der Waals surface area contributed by atoms with Crippen molar-refractivity contribution in [1.82, 2.24) is 10.2 Å². The van der Waals surface area contributed by atoms with Crippen molar-refractivity contribution in [3.8, 4) is 34.5 Å². The van der Waals surface area contributed by atoms with Crippen molar-refractivity contribution in [2.75, 3.05) is 28.4 Å². The maximum Gasteiger partial charge on any atom is 0.248 e. The van der Waals surface area contributed by atoms with E-state index in [0.29, 0.717) is 40.3 Å². The van der Waals surface area contributed by atoms with Crippen molar-refractivity contribution in [2.24, 2.45) is 0 Å². The Morgan fingerprint density at radius 3 is 2.26 bits per heavy atom. The summed E-state index contributed by atoms with van der Waals surface area (Å²) in [6.07, 6.45) is 0. The van der Waals surface area contributed by atoms with Gasteiger partial charge in [-0.2, -0.15) is 0 Å². The molecule has 0 radical (unpaired) electrons. The van der Waals surface area contributed by atoms with E-state index in [1.165, 1.54) is 0 Å². The van der Waals surface area contributed by atoms with E-state index in [2.05, 4.69) is 10.2 Å². The van der Waals surface area contributed by atoms with Crippen molar-refractivity contribution in [1.29, 1.82) is 0 Å². The van der Waals surface area contributed by atoms with Gasteiger partial charge < -0.3 is 23.4 Å². The molecule has 142 valence electrons. The molecule has 0 aliphatic rings. The molecule has 27 heavy (non-hydrogen) atoms. The summed E-state index contributed by atoms with van der Waals surface area (Å²) in [5, 5.41) is 8.25. The Hall–Kier alpha value is -2.87. The predicted octanol–water partition coefficient (Wildman–Crippen LogP) is 4.06. The van der Waals surface area contributed by atoms with Crippen LogP contribution in [0.2, 0.25) is 0 Å². The van der Waals surface area contributed by atoms with Gasteiger partial charge in [0.15, 0.2) is 11.5 Å². The smallest absolute Gasteiger partial charge is 0.248 e. The van der Waals surface area contributed by atoms with E-state index in [1.807, 2.05) is 24.3 Å². The van der Waals surface area contributed by atoms with Gasteiger partial charge in [0.2, 0.25) is 17.5 Å². The fraction of sp³-hybridized carbons (Fsp3) is 0.263. The topological polar surface area (TPSA) is 75.8 Å². The predicted molar refractivity (Wildman–Crippen MR) is 102 cm³/mol. The molecule has 0 saturated heterocycles. The van der Waals surface area contributed by atoms with Gasteiger partial charge in [-0.3, -0.25) is 0 Å². The largest absolute Gasteiger partial charge is 0.497 e. The van der Waals surface area contributed by atoms with E-state index in [4.69, 9.17) is 23.4 Å². The molecule has 0 aliphatic carbocycles. The highest BCUT2D eigenvalue weighted by molar-refractivity contribution is 7.98. The number of ether oxygens (including phenoxy) is 4. The first-order chi connectivity index (χ1) is 13.2. The third-order valence-electron chi connectivity index (χ3n) is 3.78. The second-order valence-corrected chi connectivity index (χ2v) is 6.43. The van der Waals surface area contributed by atoms with Crippen molar-refractivity contribution < 1.29 is 23.4 Å². The summed E-state index contributed by atoms with van der Waals surface area (Å²) in [5.74, 6) is 3.82. The van der Waals surface area contributed by atoms with E-state index >= 15 is 0 Å². The molecule has 0 amide bonds. The van der Waals surface area contributed by atoms with Crippen LogP contribution in [0.3, 0.4) is 0 Å². The van der Waals surface area contributed by atoms with E-state index in [0.717, 1.165) is 10.6 Å². The zero-order valence-electron chi connectivity index (χ0n) is 15.5. The number of nitrogens with zero attached hydrogens (tertiary/aromatic N) is 2. The molecule has 0 bridgehead atoms. The molecule has 1 heterocycles. The van der Waals surface area contributed by atoms with Gasteiger partial charge in [0.05, 0.1) is 34.2 Å². The third-order valence-corrected chi connectivity index (χ3v) is 4.76. The molecule has 0 atom stereocenters. The van der Waals surface area contributed by atoms with Crippen LogP contribution in [0.15, 0.2) is 45.7 Å². The van der Waals surface area contributed by atoms with Crippen LogP contribution in [0.25, 0.3) is 11.5 Å². The Labute approximate surface area is 161 Å². The number of hydrogen-bond donors (Lipinski definition) is 0. The number of benzene rings is 2. The fourth-order valence-electron chi connectivity index (χ4n) is 2.47. The summed E-state index contributed by atoms with van der Waals surface area (Å²) >= 11 is 1.59. The zero-order chi connectivity index (χ0) is 19.2. The third kappa shape index (κ3) is 4.28. The first kappa shape index (κ1) is 18.9. The average molecular weight is 388 g/mol. The summed E-state index contributed by atoms with van der Waals surface area (Å²) in [6.45, 7) is 0. The molecule has 3 aromatic rings. The van der Waals surface area contributed by atoms with Crippen LogP contribution in [0.4, 0.5) is 0 Å². The molecule has 0 N–H and O–H groups in total. The van der Waals surface area contributed by atoms with Crippen LogP contribution in [-0.4, -0.2) is 38.6 Å². The minimum atomic E-state index is 0.385. The van der Waals surface area contributed by atoms with E-state index < -0.39 is 0 Å². The van der Waals surface area contributed by atoms with Crippen LogP contribution in [0, 0.1) is 0 Å². The van der Waals surface area contributed by atoms with Gasteiger partial charge >= 0.3 is 0 Å². The lowest BCUT2D eigenvalue weighted by Crippen LogP contribution is -1.95. The number of thioether (sulfide) groups is 1. The molecular formula is C19H20N2O5S. The Morgan fingerprint density at radius 2 is 1.63 bits per heavy atom. The van der Waals surface area contributed by atoms with Crippen LogP contribution in [0.5, 0.6) is 23.0 Å². The van der Waals surface area contributed by atoms with Gasteiger partial charge in [0.1, 0.15) is 5.75 Å². The first-order valence-corrected chi connectivity index (χ1v) is 9.06. The highest BCUT2D eigenvalue weighted by Gasteiger charge is 2.17. The molecule has 0 unspecified atom stereocenters. The summed E-state index contributed by atoms with van der Waals surface area (Å²) < 4.78 is 27.1. The van der Waals surface area contributed by atoms with Crippen LogP contribution in [-0.2, 0) is 5.75 Å². The van der Waals surface area contributed by atoms with Gasteiger partial charge in [-0.05, 0) is 30.3 Å². The average Bonchev–Trinajstić information content (AvgIpc) is 3.20. The molecular weight excluding hydrogens is 368 g/mol. The summed E-state index contributed by atoms with van der Waals surface area (Å²) in [5.41, 5.74) is 0.689. The SMILES string of the molecule is COc1cccc(SCc2nnc(-c3cc(OC)c(OC)c(OC)c3)o2)c1. The van der Waals surface area contributed by atoms with E-state index in [1.54, 1.807) is 52.3 Å². The van der Waals surface area contributed by atoms with Crippen molar-refractivity contribution in [3.63, 3.8) is 0 Å². The normalized spacial score (nSPS) is 10.5. The van der Waals surface area contributed by atoms with Gasteiger partial charge in [-0.1, -0.05) is 6.07 Å². The molecule has 0 spiro atoms. The van der Waals surface area contributed by atoms with Gasteiger partial charge in [0, 0.05) is 10.5 Å². The van der Waals surface area contributed by atoms with Gasteiger partial charge in [0.25, 0.3) is 0 Å². The highest BCUT2D eigenvalue weighted by atomic mass is 32.2. The fourth-order valence-corrected chi connectivity index (χ4v) is 3.25. The van der Waals surface area contributed by atoms with Gasteiger partial charge in [-0.25, -0.2) is 0 Å². The van der Waals surface area contributed by atoms with Crippen LogP contribution in [0.1, 0.15) is 5.89 Å². The summed E-state index contributed by atoms with van der Waals surface area (Å²) in [7, 11) is 6.32. The highest BCUT2D eigenvalue weighted by Crippen LogP contribution is 2.41. The molecule has 0 fully saturated rings. The van der Waals surface area contributed by atoms with Crippen molar-refractivity contribution >= 4 is 11.8 Å². The quantitative estimate of drug-likeness (QED) is 0.535. The molecule has 0 aliphatic heterocycles. The number of hydrogen-bond acceptors (Lipinski definition) is 8. The monoisotopic (exact) mass is 388 g/mol. The lowest BCUT2D eigenvalue weighted by molar-refractivity contribution is 0.324. The Bertz CT molecular complexity index is 888. The Balaban J connectivity index is 1.79. The van der Waals surface area contributed by atoms with E-state index in [9.17, 15) is 0 Å². The van der Waals surface area contributed by atoms with Crippen molar-refractivity contribution in [2.45, 2.75) is 10.6 Å². The zero-order valence-corrected chi connectivity index (χ0v) is 16.3. The minimum absolute atomic E-state index is 0.385. The lowest BCUT2D eigenvalue weighted by Gasteiger charge is -2.12. The lowest BCUT2D eigenvalue weighted by atomic mass is 10.2.